The molecule has 0 saturated heterocycles. The van der Waals surface area contributed by atoms with Gasteiger partial charge in [-0.2, -0.15) is 0 Å². The van der Waals surface area contributed by atoms with Crippen LogP contribution in [0.25, 0.3) is 0 Å². The van der Waals surface area contributed by atoms with E-state index in [1.165, 1.54) is 0 Å². The standard InChI is InChI=1S/C7H15NO/c1-7(4-5-9)6-8(2)3/h5,7H,4,6H2,1-3H3. The molecular weight excluding hydrogens is 114 g/mol. The molecular formula is C7H15NO. The zero-order valence-corrected chi connectivity index (χ0v) is 6.42. The molecule has 0 aliphatic carbocycles. The molecule has 0 fully saturated rings. The van der Waals surface area contributed by atoms with Gasteiger partial charge < -0.3 is 9.69 Å². The Morgan fingerprint density at radius 3 is 2.44 bits per heavy atom. The summed E-state index contributed by atoms with van der Waals surface area (Å²) in [5.41, 5.74) is 0. The molecule has 0 rings (SSSR count). The Morgan fingerprint density at radius 2 is 2.11 bits per heavy atom. The number of rotatable bonds is 4. The number of aldehydes is 1. The summed E-state index contributed by atoms with van der Waals surface area (Å²) in [6, 6.07) is 0. The van der Waals surface area contributed by atoms with Gasteiger partial charge in [0.15, 0.2) is 0 Å². The van der Waals surface area contributed by atoms with E-state index in [1.54, 1.807) is 0 Å². The minimum Gasteiger partial charge on any atom is -0.309 e. The molecule has 0 aromatic carbocycles. The lowest BCUT2D eigenvalue weighted by Crippen LogP contribution is -2.19. The maximum absolute atomic E-state index is 9.98. The fraction of sp³-hybridized carbons (Fsp3) is 0.857. The van der Waals surface area contributed by atoms with Crippen molar-refractivity contribution in [3.8, 4) is 0 Å². The van der Waals surface area contributed by atoms with Gasteiger partial charge in [-0.25, -0.2) is 0 Å². The Kier molecular flexibility index (Phi) is 4.32. The highest BCUT2D eigenvalue weighted by molar-refractivity contribution is 5.49. The van der Waals surface area contributed by atoms with Gasteiger partial charge in [-0.3, -0.25) is 0 Å². The van der Waals surface area contributed by atoms with Crippen LogP contribution in [0.4, 0.5) is 0 Å². The number of hydrogen-bond acceptors (Lipinski definition) is 2. The lowest BCUT2D eigenvalue weighted by molar-refractivity contribution is -0.108. The molecule has 0 N–H and O–H groups in total. The van der Waals surface area contributed by atoms with E-state index >= 15 is 0 Å². The van der Waals surface area contributed by atoms with Crippen molar-refractivity contribution >= 4 is 6.29 Å². The maximum atomic E-state index is 9.98. The Balaban J connectivity index is 3.25. The molecule has 0 saturated carbocycles. The van der Waals surface area contributed by atoms with Crippen LogP contribution in [-0.2, 0) is 4.79 Å². The highest BCUT2D eigenvalue weighted by Crippen LogP contribution is 1.98. The van der Waals surface area contributed by atoms with Crippen molar-refractivity contribution in [3.05, 3.63) is 0 Å². The average molecular weight is 129 g/mol. The molecule has 0 heterocycles. The first-order chi connectivity index (χ1) is 4.16. The Morgan fingerprint density at radius 1 is 1.56 bits per heavy atom. The molecule has 0 aromatic heterocycles. The molecule has 0 aliphatic heterocycles. The molecule has 1 unspecified atom stereocenters. The van der Waals surface area contributed by atoms with E-state index in [1.807, 2.05) is 14.1 Å². The summed E-state index contributed by atoms with van der Waals surface area (Å²) in [7, 11) is 4.03. The van der Waals surface area contributed by atoms with E-state index in [9.17, 15) is 4.79 Å². The second-order valence-corrected chi connectivity index (χ2v) is 2.77. The van der Waals surface area contributed by atoms with Crippen molar-refractivity contribution in [1.29, 1.82) is 0 Å². The highest BCUT2D eigenvalue weighted by atomic mass is 16.1. The number of carbonyl (C=O) groups excluding carboxylic acids is 1. The summed E-state index contributed by atoms with van der Waals surface area (Å²) in [6.07, 6.45) is 1.66. The summed E-state index contributed by atoms with van der Waals surface area (Å²) in [4.78, 5) is 12.1. The predicted molar refractivity (Wildman–Crippen MR) is 38.4 cm³/mol. The zero-order chi connectivity index (χ0) is 7.28. The molecule has 0 aromatic rings. The normalized spacial score (nSPS) is 13.8. The first kappa shape index (κ1) is 8.63. The van der Waals surface area contributed by atoms with Gasteiger partial charge in [-0.15, -0.1) is 0 Å². The van der Waals surface area contributed by atoms with Crippen LogP contribution in [0.15, 0.2) is 0 Å². The zero-order valence-electron chi connectivity index (χ0n) is 6.42. The fourth-order valence-corrected chi connectivity index (χ4v) is 0.862. The average Bonchev–Trinajstić information content (AvgIpc) is 1.63. The van der Waals surface area contributed by atoms with Crippen molar-refractivity contribution in [2.75, 3.05) is 20.6 Å². The van der Waals surface area contributed by atoms with Crippen molar-refractivity contribution < 1.29 is 4.79 Å². The topological polar surface area (TPSA) is 20.3 Å². The Hall–Kier alpha value is -0.370. The fourth-order valence-electron chi connectivity index (χ4n) is 0.862. The lowest BCUT2D eigenvalue weighted by atomic mass is 10.1. The number of nitrogens with zero attached hydrogens (tertiary/aromatic N) is 1. The van der Waals surface area contributed by atoms with Crippen molar-refractivity contribution in [2.45, 2.75) is 13.3 Å². The van der Waals surface area contributed by atoms with Gasteiger partial charge in [0.1, 0.15) is 6.29 Å². The second kappa shape index (κ2) is 4.50. The van der Waals surface area contributed by atoms with E-state index in [0.717, 1.165) is 12.8 Å². The molecule has 2 nitrogen and oxygen atoms in total. The molecule has 0 radical (unpaired) electrons. The van der Waals surface area contributed by atoms with E-state index in [0.29, 0.717) is 12.3 Å². The monoisotopic (exact) mass is 129 g/mol. The van der Waals surface area contributed by atoms with Gasteiger partial charge >= 0.3 is 0 Å². The van der Waals surface area contributed by atoms with Crippen LogP contribution >= 0.6 is 0 Å². The summed E-state index contributed by atoms with van der Waals surface area (Å²) in [5, 5.41) is 0. The largest absolute Gasteiger partial charge is 0.309 e. The molecule has 0 amide bonds. The highest BCUT2D eigenvalue weighted by Gasteiger charge is 2.00. The van der Waals surface area contributed by atoms with E-state index in [2.05, 4.69) is 11.8 Å². The summed E-state index contributed by atoms with van der Waals surface area (Å²) >= 11 is 0. The predicted octanol–water partition coefficient (Wildman–Crippen LogP) is 0.773. The van der Waals surface area contributed by atoms with Crippen molar-refractivity contribution in [1.82, 2.24) is 4.90 Å². The molecule has 0 bridgehead atoms. The molecule has 1 atom stereocenters. The van der Waals surface area contributed by atoms with Crippen molar-refractivity contribution in [2.24, 2.45) is 5.92 Å². The van der Waals surface area contributed by atoms with Crippen LogP contribution < -0.4 is 0 Å². The minimum absolute atomic E-state index is 0.498. The molecule has 0 spiro atoms. The van der Waals surface area contributed by atoms with Gasteiger partial charge in [-0.05, 0) is 20.0 Å². The first-order valence-corrected chi connectivity index (χ1v) is 3.25. The quantitative estimate of drug-likeness (QED) is 0.523. The summed E-state index contributed by atoms with van der Waals surface area (Å²) in [5.74, 6) is 0.498. The Labute approximate surface area is 56.9 Å². The number of hydrogen-bond donors (Lipinski definition) is 0. The molecule has 0 aliphatic rings. The van der Waals surface area contributed by atoms with E-state index in [-0.39, 0.29) is 0 Å². The van der Waals surface area contributed by atoms with Crippen LogP contribution in [0.1, 0.15) is 13.3 Å². The molecule has 54 valence electrons. The van der Waals surface area contributed by atoms with Gasteiger partial charge in [0.25, 0.3) is 0 Å². The van der Waals surface area contributed by atoms with Gasteiger partial charge in [0.2, 0.25) is 0 Å². The van der Waals surface area contributed by atoms with Gasteiger partial charge in [0.05, 0.1) is 0 Å². The van der Waals surface area contributed by atoms with Crippen LogP contribution in [0.3, 0.4) is 0 Å². The van der Waals surface area contributed by atoms with Crippen LogP contribution in [-0.4, -0.2) is 31.8 Å². The maximum Gasteiger partial charge on any atom is 0.120 e. The second-order valence-electron chi connectivity index (χ2n) is 2.77. The van der Waals surface area contributed by atoms with Crippen LogP contribution in [0, 0.1) is 5.92 Å². The van der Waals surface area contributed by atoms with Gasteiger partial charge in [-0.1, -0.05) is 6.92 Å². The van der Waals surface area contributed by atoms with Crippen LogP contribution in [0.5, 0.6) is 0 Å². The molecule has 2 heteroatoms. The third kappa shape index (κ3) is 5.50. The SMILES string of the molecule is CC(CC=O)CN(C)C. The molecule has 9 heavy (non-hydrogen) atoms. The van der Waals surface area contributed by atoms with Crippen LogP contribution in [0.2, 0.25) is 0 Å². The third-order valence-corrected chi connectivity index (χ3v) is 1.18. The summed E-state index contributed by atoms with van der Waals surface area (Å²) < 4.78 is 0. The smallest absolute Gasteiger partial charge is 0.120 e. The van der Waals surface area contributed by atoms with Crippen molar-refractivity contribution in [3.63, 3.8) is 0 Å². The van der Waals surface area contributed by atoms with E-state index in [4.69, 9.17) is 0 Å². The van der Waals surface area contributed by atoms with Gasteiger partial charge in [0, 0.05) is 13.0 Å². The number of carbonyl (C=O) groups is 1. The minimum atomic E-state index is 0.498. The van der Waals surface area contributed by atoms with E-state index < -0.39 is 0 Å². The first-order valence-electron chi connectivity index (χ1n) is 3.25. The Bertz CT molecular complexity index is 81.0. The summed E-state index contributed by atoms with van der Waals surface area (Å²) in [6.45, 7) is 3.08. The third-order valence-electron chi connectivity index (χ3n) is 1.18. The lowest BCUT2D eigenvalue weighted by Gasteiger charge is -2.13.